The van der Waals surface area contributed by atoms with E-state index in [1.807, 2.05) is 48.4 Å². The second-order valence-electron chi connectivity index (χ2n) is 9.21. The lowest BCUT2D eigenvalue weighted by Gasteiger charge is -2.29. The standard InChI is InChI=1S/C25H29N5O3S/c1-16(2)30-21-11-10-18(24-26-17(3)33-27-24)13-22(21)29(25(30)32)15-23(31)28(19-7-4-5-8-19)14-20-9-6-12-34-20/h6,9-13,16,19H,4-5,7-8,14-15H2,1-3H3. The summed E-state index contributed by atoms with van der Waals surface area (Å²) in [4.78, 5) is 34.6. The molecule has 1 saturated carbocycles. The normalized spacial score (nSPS) is 14.5. The minimum absolute atomic E-state index is 0.00561. The maximum absolute atomic E-state index is 13.7. The Hall–Kier alpha value is -3.20. The molecule has 3 aromatic heterocycles. The van der Waals surface area contributed by atoms with Gasteiger partial charge in [-0.05, 0) is 56.3 Å². The first-order valence-electron chi connectivity index (χ1n) is 11.8. The lowest BCUT2D eigenvalue weighted by Crippen LogP contribution is -2.41. The van der Waals surface area contributed by atoms with Crippen molar-refractivity contribution in [2.75, 3.05) is 0 Å². The molecular weight excluding hydrogens is 450 g/mol. The quantitative estimate of drug-likeness (QED) is 0.381. The number of amides is 1. The third kappa shape index (κ3) is 4.20. The number of nitrogens with zero attached hydrogens (tertiary/aromatic N) is 5. The van der Waals surface area contributed by atoms with Crippen LogP contribution in [-0.2, 0) is 17.9 Å². The topological polar surface area (TPSA) is 86.2 Å². The zero-order valence-electron chi connectivity index (χ0n) is 19.7. The molecule has 0 aliphatic heterocycles. The SMILES string of the molecule is Cc1nc(-c2ccc3c(c2)n(CC(=O)N(Cc2cccs2)C2CCCC2)c(=O)n3C(C)C)no1. The van der Waals surface area contributed by atoms with Gasteiger partial charge in [0.15, 0.2) is 0 Å². The van der Waals surface area contributed by atoms with E-state index >= 15 is 0 Å². The maximum Gasteiger partial charge on any atom is 0.329 e. The van der Waals surface area contributed by atoms with Gasteiger partial charge in [-0.3, -0.25) is 13.9 Å². The van der Waals surface area contributed by atoms with Crippen LogP contribution in [0.3, 0.4) is 0 Å². The molecule has 1 fully saturated rings. The van der Waals surface area contributed by atoms with Crippen LogP contribution >= 0.6 is 11.3 Å². The molecule has 9 heteroatoms. The number of imidazole rings is 1. The Morgan fingerprint density at radius 1 is 1.24 bits per heavy atom. The summed E-state index contributed by atoms with van der Waals surface area (Å²) in [6.07, 6.45) is 4.31. The van der Waals surface area contributed by atoms with Crippen LogP contribution in [0.1, 0.15) is 56.3 Å². The van der Waals surface area contributed by atoms with Crippen LogP contribution in [0.5, 0.6) is 0 Å². The Labute approximate surface area is 201 Å². The number of thiophene rings is 1. The van der Waals surface area contributed by atoms with Crippen LogP contribution < -0.4 is 5.69 Å². The van der Waals surface area contributed by atoms with Crippen molar-refractivity contribution < 1.29 is 9.32 Å². The number of carbonyl (C=O) groups excluding carboxylic acids is 1. The highest BCUT2D eigenvalue weighted by Gasteiger charge is 2.28. The first-order chi connectivity index (χ1) is 16.4. The van der Waals surface area contributed by atoms with Gasteiger partial charge in [0.1, 0.15) is 6.54 Å². The summed E-state index contributed by atoms with van der Waals surface area (Å²) in [6.45, 7) is 6.29. The molecule has 0 spiro atoms. The number of carbonyl (C=O) groups is 1. The Bertz CT molecular complexity index is 1360. The predicted molar refractivity (Wildman–Crippen MR) is 132 cm³/mol. The van der Waals surface area contributed by atoms with Crippen molar-refractivity contribution in [3.05, 3.63) is 57.0 Å². The van der Waals surface area contributed by atoms with Crippen molar-refractivity contribution in [1.82, 2.24) is 24.2 Å². The molecule has 0 unspecified atom stereocenters. The minimum Gasteiger partial charge on any atom is -0.339 e. The van der Waals surface area contributed by atoms with Gasteiger partial charge in [-0.2, -0.15) is 4.98 Å². The molecule has 1 aromatic carbocycles. The first-order valence-corrected chi connectivity index (χ1v) is 12.7. The number of aromatic nitrogens is 4. The Kier molecular flexibility index (Phi) is 6.12. The molecule has 0 radical (unpaired) electrons. The summed E-state index contributed by atoms with van der Waals surface area (Å²) in [6, 6.07) is 9.93. The van der Waals surface area contributed by atoms with Crippen LogP contribution in [0.15, 0.2) is 45.0 Å². The van der Waals surface area contributed by atoms with Crippen molar-refractivity contribution in [1.29, 1.82) is 0 Å². The maximum atomic E-state index is 13.7. The third-order valence-electron chi connectivity index (χ3n) is 6.55. The summed E-state index contributed by atoms with van der Waals surface area (Å²) < 4.78 is 8.48. The molecule has 8 nitrogen and oxygen atoms in total. The average Bonchev–Trinajstić information content (AvgIpc) is 3.60. The van der Waals surface area contributed by atoms with Crippen molar-refractivity contribution in [2.45, 2.75) is 71.6 Å². The van der Waals surface area contributed by atoms with Crippen molar-refractivity contribution in [3.63, 3.8) is 0 Å². The van der Waals surface area contributed by atoms with Crippen LogP contribution in [0.4, 0.5) is 0 Å². The largest absolute Gasteiger partial charge is 0.339 e. The van der Waals surface area contributed by atoms with Gasteiger partial charge in [-0.25, -0.2) is 4.79 Å². The fraction of sp³-hybridized carbons (Fsp3) is 0.440. The second-order valence-corrected chi connectivity index (χ2v) is 10.2. The van der Waals surface area contributed by atoms with Gasteiger partial charge in [0, 0.05) is 29.4 Å². The number of fused-ring (bicyclic) bond motifs is 1. The number of aryl methyl sites for hydroxylation is 1. The highest BCUT2D eigenvalue weighted by molar-refractivity contribution is 7.09. The van der Waals surface area contributed by atoms with Gasteiger partial charge >= 0.3 is 5.69 Å². The van der Waals surface area contributed by atoms with Crippen LogP contribution in [0.2, 0.25) is 0 Å². The monoisotopic (exact) mass is 479 g/mol. The fourth-order valence-electron chi connectivity index (χ4n) is 4.92. The number of rotatable bonds is 7. The molecule has 0 saturated heterocycles. The molecule has 1 aliphatic carbocycles. The van der Waals surface area contributed by atoms with Gasteiger partial charge in [-0.15, -0.1) is 11.3 Å². The molecule has 178 valence electrons. The molecular formula is C25H29N5O3S. The fourth-order valence-corrected chi connectivity index (χ4v) is 5.62. The van der Waals surface area contributed by atoms with Crippen LogP contribution in [0, 0.1) is 6.92 Å². The first kappa shape index (κ1) is 22.6. The van der Waals surface area contributed by atoms with E-state index in [4.69, 9.17) is 4.52 Å². The van der Waals surface area contributed by atoms with Gasteiger partial charge in [-0.1, -0.05) is 24.1 Å². The van der Waals surface area contributed by atoms with E-state index in [-0.39, 0.29) is 30.2 Å². The summed E-state index contributed by atoms with van der Waals surface area (Å²) >= 11 is 1.66. The Morgan fingerprint density at radius 2 is 2.03 bits per heavy atom. The van der Waals surface area contributed by atoms with Gasteiger partial charge in [0.25, 0.3) is 0 Å². The summed E-state index contributed by atoms with van der Waals surface area (Å²) in [5.41, 5.74) is 2.07. The average molecular weight is 480 g/mol. The Morgan fingerprint density at radius 3 is 2.68 bits per heavy atom. The molecule has 34 heavy (non-hydrogen) atoms. The number of hydrogen-bond acceptors (Lipinski definition) is 6. The van der Waals surface area contributed by atoms with Gasteiger partial charge < -0.3 is 9.42 Å². The Balaban J connectivity index is 1.55. The van der Waals surface area contributed by atoms with E-state index in [9.17, 15) is 9.59 Å². The minimum atomic E-state index is -0.178. The number of benzene rings is 1. The molecule has 3 heterocycles. The zero-order chi connectivity index (χ0) is 23.8. The third-order valence-corrected chi connectivity index (χ3v) is 7.41. The second kappa shape index (κ2) is 9.21. The van der Waals surface area contributed by atoms with E-state index in [1.54, 1.807) is 27.4 Å². The molecule has 0 atom stereocenters. The predicted octanol–water partition coefficient (Wildman–Crippen LogP) is 4.78. The van der Waals surface area contributed by atoms with Crippen LogP contribution in [0.25, 0.3) is 22.4 Å². The van der Waals surface area contributed by atoms with E-state index in [0.717, 1.165) is 41.6 Å². The highest BCUT2D eigenvalue weighted by atomic mass is 32.1. The van der Waals surface area contributed by atoms with Crippen molar-refractivity contribution >= 4 is 28.3 Å². The summed E-state index contributed by atoms with van der Waals surface area (Å²) in [5.74, 6) is 0.918. The van der Waals surface area contributed by atoms with E-state index in [2.05, 4.69) is 16.2 Å². The van der Waals surface area contributed by atoms with E-state index in [1.165, 1.54) is 0 Å². The lowest BCUT2D eigenvalue weighted by atomic mass is 10.1. The summed E-state index contributed by atoms with van der Waals surface area (Å²) in [5, 5.41) is 6.05. The molecule has 1 aliphatic rings. The zero-order valence-corrected chi connectivity index (χ0v) is 20.5. The molecule has 0 bridgehead atoms. The van der Waals surface area contributed by atoms with Gasteiger partial charge in [0.2, 0.25) is 17.6 Å². The summed E-state index contributed by atoms with van der Waals surface area (Å²) in [7, 11) is 0. The molecule has 5 rings (SSSR count). The lowest BCUT2D eigenvalue weighted by molar-refractivity contribution is -0.134. The number of hydrogen-bond donors (Lipinski definition) is 0. The van der Waals surface area contributed by atoms with Gasteiger partial charge in [0.05, 0.1) is 17.6 Å². The highest BCUT2D eigenvalue weighted by Crippen LogP contribution is 2.28. The molecule has 4 aromatic rings. The van der Waals surface area contributed by atoms with Crippen molar-refractivity contribution in [2.24, 2.45) is 0 Å². The van der Waals surface area contributed by atoms with Crippen molar-refractivity contribution in [3.8, 4) is 11.4 Å². The molecule has 1 amide bonds. The van der Waals surface area contributed by atoms with E-state index in [0.29, 0.717) is 23.8 Å². The van der Waals surface area contributed by atoms with E-state index < -0.39 is 0 Å². The smallest absolute Gasteiger partial charge is 0.329 e. The molecule has 0 N–H and O–H groups in total. The van der Waals surface area contributed by atoms with Crippen LogP contribution in [-0.4, -0.2) is 36.1 Å².